The summed E-state index contributed by atoms with van der Waals surface area (Å²) in [6.07, 6.45) is 2.88. The number of piperazine rings is 1. The van der Waals surface area contributed by atoms with Crippen LogP contribution in [0.15, 0.2) is 84.9 Å². The average molecular weight is 914 g/mol. The van der Waals surface area contributed by atoms with Crippen molar-refractivity contribution in [3.05, 3.63) is 128 Å². The molecule has 0 radical (unpaired) electrons. The minimum Gasteiger partial charge on any atom is -0.457 e. The first-order chi connectivity index (χ1) is 32.3. The Bertz CT molecular complexity index is 2640. The molecule has 0 bridgehead atoms. The number of non-ortho nitro benzene ring substituents is 1. The number of nitro benzene ring substituents is 2. The van der Waals surface area contributed by atoms with Crippen LogP contribution in [-0.2, 0) is 5.41 Å². The van der Waals surface area contributed by atoms with Gasteiger partial charge in [0, 0.05) is 105 Å². The number of anilines is 2. The lowest BCUT2D eigenvalue weighted by molar-refractivity contribution is -0.393. The SMILES string of the molecule is Cc1ccc2c(c1)NC[C@]21CCN(C[C@@H](O)C2CCN(C(=O)c3cc4ccc(Oc5ccc(C(=O)N6CCN(CCCNc7ccc([N+](=O)[O-])cc7[N+](=O)[O-])CC6)cc5)cc4[nH]3)CC2)C[C@H]1C. The van der Waals surface area contributed by atoms with Crippen LogP contribution >= 0.6 is 0 Å². The van der Waals surface area contributed by atoms with Crippen molar-refractivity contribution in [2.75, 3.05) is 89.2 Å². The Labute approximate surface area is 389 Å². The van der Waals surface area contributed by atoms with E-state index in [1.165, 1.54) is 28.9 Å². The van der Waals surface area contributed by atoms with E-state index in [0.717, 1.165) is 62.4 Å². The third-order valence-corrected chi connectivity index (χ3v) is 14.6. The maximum atomic E-state index is 13.7. The molecule has 4 N–H and O–H groups in total. The quantitative estimate of drug-likeness (QED) is 0.0494. The predicted molar refractivity (Wildman–Crippen MR) is 256 cm³/mol. The van der Waals surface area contributed by atoms with Gasteiger partial charge in [-0.05, 0) is 123 Å². The topological polar surface area (TPSA) is 203 Å². The van der Waals surface area contributed by atoms with E-state index in [9.17, 15) is 34.9 Å². The molecule has 9 rings (SSSR count). The predicted octanol–water partition coefficient (Wildman–Crippen LogP) is 7.26. The van der Waals surface area contributed by atoms with Crippen LogP contribution in [0.25, 0.3) is 10.9 Å². The van der Waals surface area contributed by atoms with Gasteiger partial charge in [0.25, 0.3) is 23.2 Å². The largest absolute Gasteiger partial charge is 0.457 e. The molecule has 4 aliphatic heterocycles. The van der Waals surface area contributed by atoms with E-state index in [2.05, 4.69) is 57.5 Å². The molecular formula is C50H59N9O8. The summed E-state index contributed by atoms with van der Waals surface area (Å²) >= 11 is 0. The first kappa shape index (κ1) is 45.6. The van der Waals surface area contributed by atoms with Crippen LogP contribution in [0, 0.1) is 39.0 Å². The number of carbonyl (C=O) groups excluding carboxylic acids is 2. The maximum Gasteiger partial charge on any atom is 0.299 e. The fourth-order valence-electron chi connectivity index (χ4n) is 10.6. The second-order valence-corrected chi connectivity index (χ2v) is 18.9. The van der Waals surface area contributed by atoms with Crippen molar-refractivity contribution in [2.24, 2.45) is 11.8 Å². The maximum absolute atomic E-state index is 13.7. The normalized spacial score (nSPS) is 20.7. The minimum absolute atomic E-state index is 0.0479. The number of aliphatic hydroxyl groups excluding tert-OH is 1. The summed E-state index contributed by atoms with van der Waals surface area (Å²) in [5.74, 6) is 1.69. The summed E-state index contributed by atoms with van der Waals surface area (Å²) < 4.78 is 6.17. The molecular weight excluding hydrogens is 855 g/mol. The number of benzene rings is 4. The number of H-pyrrole nitrogens is 1. The molecule has 3 saturated heterocycles. The van der Waals surface area contributed by atoms with Crippen LogP contribution in [0.1, 0.15) is 64.6 Å². The zero-order chi connectivity index (χ0) is 46.8. The summed E-state index contributed by atoms with van der Waals surface area (Å²) in [7, 11) is 0. The number of fused-ring (bicyclic) bond motifs is 3. The number of aryl methyl sites for hydroxylation is 1. The molecule has 352 valence electrons. The molecule has 3 fully saturated rings. The molecule has 17 heteroatoms. The Morgan fingerprint density at radius 1 is 0.851 bits per heavy atom. The lowest BCUT2D eigenvalue weighted by Gasteiger charge is -2.46. The van der Waals surface area contributed by atoms with E-state index in [-0.39, 0.29) is 40.2 Å². The van der Waals surface area contributed by atoms with Gasteiger partial charge in [-0.1, -0.05) is 19.1 Å². The number of piperidine rings is 2. The molecule has 0 saturated carbocycles. The van der Waals surface area contributed by atoms with Gasteiger partial charge in [-0.3, -0.25) is 34.7 Å². The van der Waals surface area contributed by atoms with E-state index < -0.39 is 16.0 Å². The highest BCUT2D eigenvalue weighted by atomic mass is 16.6. The van der Waals surface area contributed by atoms with Crippen LogP contribution in [0.4, 0.5) is 22.7 Å². The molecule has 3 atom stereocenters. The van der Waals surface area contributed by atoms with E-state index in [4.69, 9.17) is 4.74 Å². The zero-order valence-electron chi connectivity index (χ0n) is 38.1. The number of nitrogens with one attached hydrogen (secondary N) is 3. The van der Waals surface area contributed by atoms with Crippen LogP contribution in [0.2, 0.25) is 0 Å². The van der Waals surface area contributed by atoms with E-state index in [0.29, 0.717) is 87.5 Å². The van der Waals surface area contributed by atoms with Gasteiger partial charge >= 0.3 is 0 Å². The molecule has 4 aliphatic rings. The van der Waals surface area contributed by atoms with Crippen molar-refractivity contribution in [2.45, 2.75) is 51.0 Å². The van der Waals surface area contributed by atoms with Crippen molar-refractivity contribution in [3.63, 3.8) is 0 Å². The van der Waals surface area contributed by atoms with Crippen LogP contribution in [0.5, 0.6) is 11.5 Å². The van der Waals surface area contributed by atoms with E-state index in [1.54, 1.807) is 24.3 Å². The van der Waals surface area contributed by atoms with Crippen molar-refractivity contribution in [1.82, 2.24) is 24.6 Å². The number of amides is 2. The number of carbonyl (C=O) groups is 2. The second kappa shape index (κ2) is 19.3. The summed E-state index contributed by atoms with van der Waals surface area (Å²) in [5, 5.41) is 41.4. The monoisotopic (exact) mass is 913 g/mol. The first-order valence-electron chi connectivity index (χ1n) is 23.5. The number of ether oxygens (including phenoxy) is 1. The number of aromatic amines is 1. The molecule has 5 heterocycles. The van der Waals surface area contributed by atoms with Gasteiger partial charge in [-0.25, -0.2) is 0 Å². The van der Waals surface area contributed by atoms with Gasteiger partial charge < -0.3 is 40.2 Å². The van der Waals surface area contributed by atoms with Crippen LogP contribution in [-0.4, -0.2) is 136 Å². The molecule has 1 spiro atoms. The number of aliphatic hydroxyl groups is 1. The molecule has 0 aliphatic carbocycles. The second-order valence-electron chi connectivity index (χ2n) is 18.9. The van der Waals surface area contributed by atoms with Gasteiger partial charge in [0.1, 0.15) is 22.9 Å². The Morgan fingerprint density at radius 2 is 1.60 bits per heavy atom. The summed E-state index contributed by atoms with van der Waals surface area (Å²) in [6, 6.07) is 25.0. The number of aromatic nitrogens is 1. The van der Waals surface area contributed by atoms with Crippen molar-refractivity contribution < 1.29 is 29.3 Å². The van der Waals surface area contributed by atoms with Crippen molar-refractivity contribution in [3.8, 4) is 11.5 Å². The molecule has 5 aromatic rings. The van der Waals surface area contributed by atoms with Gasteiger partial charge in [-0.15, -0.1) is 0 Å². The molecule has 2 amide bonds. The Kier molecular flexibility index (Phi) is 13.2. The molecule has 4 aromatic carbocycles. The molecule has 1 aromatic heterocycles. The third-order valence-electron chi connectivity index (χ3n) is 14.6. The number of nitro groups is 2. The Morgan fingerprint density at radius 3 is 2.33 bits per heavy atom. The van der Waals surface area contributed by atoms with Crippen molar-refractivity contribution >= 4 is 45.5 Å². The summed E-state index contributed by atoms with van der Waals surface area (Å²) in [6.45, 7) is 13.0. The Hall–Kier alpha value is -6.56. The number of hydrogen-bond acceptors (Lipinski definition) is 12. The van der Waals surface area contributed by atoms with Crippen molar-refractivity contribution in [1.29, 1.82) is 0 Å². The summed E-state index contributed by atoms with van der Waals surface area (Å²) in [5.41, 5.74) is 5.58. The smallest absolute Gasteiger partial charge is 0.299 e. The lowest BCUT2D eigenvalue weighted by Crippen LogP contribution is -2.52. The van der Waals surface area contributed by atoms with E-state index in [1.807, 2.05) is 34.1 Å². The standard InChI is InChI=1S/C50H59N9O8/c1-33-4-12-41-44(26-33)52-32-50(41)16-21-55(30-34(50)2)31-47(60)35-14-19-56(20-15-35)49(62)45-27-37-7-11-40(29-43(37)53-45)67-39-9-5-36(6-10-39)48(61)57-24-22-54(23-25-57)18-3-17-51-42-13-8-38(58(63)64)28-46(42)59(65)66/h4-13,26-29,34-35,47,51-53,60H,3,14-25,30-32H2,1-2H3/t34-,47-,50+/m1/s1. The third kappa shape index (κ3) is 9.80. The highest BCUT2D eigenvalue weighted by Crippen LogP contribution is 2.47. The summed E-state index contributed by atoms with van der Waals surface area (Å²) in [4.78, 5) is 59.9. The Balaban J connectivity index is 0.702. The average Bonchev–Trinajstić information content (AvgIpc) is 3.93. The van der Waals surface area contributed by atoms with Crippen LogP contribution in [0.3, 0.4) is 0 Å². The van der Waals surface area contributed by atoms with Gasteiger partial charge in [0.05, 0.1) is 22.0 Å². The number of likely N-dealkylation sites (tertiary alicyclic amines) is 2. The highest BCUT2D eigenvalue weighted by molar-refractivity contribution is 5.98. The zero-order valence-corrected chi connectivity index (χ0v) is 38.1. The number of β-amino-alcohol motifs (C(OH)–C–C–N with tert-alkyl or cyclic N) is 1. The fourth-order valence-corrected chi connectivity index (χ4v) is 10.6. The lowest BCUT2D eigenvalue weighted by atomic mass is 9.67. The molecule has 17 nitrogen and oxygen atoms in total. The first-order valence-corrected chi connectivity index (χ1v) is 23.5. The van der Waals surface area contributed by atoms with Gasteiger partial charge in [-0.2, -0.15) is 0 Å². The van der Waals surface area contributed by atoms with Gasteiger partial charge in [0.2, 0.25) is 0 Å². The fraction of sp³-hybridized carbons (Fsp3) is 0.440. The molecule has 67 heavy (non-hydrogen) atoms. The van der Waals surface area contributed by atoms with E-state index >= 15 is 0 Å². The minimum atomic E-state index is -0.658. The number of hydrogen-bond donors (Lipinski definition) is 4. The molecule has 0 unspecified atom stereocenters. The number of rotatable bonds is 14. The highest BCUT2D eigenvalue weighted by Gasteiger charge is 2.46. The van der Waals surface area contributed by atoms with Gasteiger partial charge in [0.15, 0.2) is 0 Å². The van der Waals surface area contributed by atoms with Crippen LogP contribution < -0.4 is 15.4 Å². The number of nitrogens with zero attached hydrogens (tertiary/aromatic N) is 6.